The van der Waals surface area contributed by atoms with E-state index in [2.05, 4.69) is 0 Å². The van der Waals surface area contributed by atoms with E-state index in [1.54, 1.807) is 0 Å². The van der Waals surface area contributed by atoms with E-state index in [1.807, 2.05) is 60.7 Å². The van der Waals surface area contributed by atoms with Gasteiger partial charge in [0.2, 0.25) is 11.8 Å². The van der Waals surface area contributed by atoms with Crippen molar-refractivity contribution in [3.05, 3.63) is 83.7 Å². The first-order chi connectivity index (χ1) is 15.9. The van der Waals surface area contributed by atoms with Crippen LogP contribution in [-0.2, 0) is 23.9 Å². The summed E-state index contributed by atoms with van der Waals surface area (Å²) < 4.78 is 5.01. The van der Waals surface area contributed by atoms with E-state index < -0.39 is 37.2 Å². The Balaban J connectivity index is 1.94. The van der Waals surface area contributed by atoms with Gasteiger partial charge in [-0.15, -0.1) is 0 Å². The molecule has 0 spiro atoms. The van der Waals surface area contributed by atoms with Crippen molar-refractivity contribution in [3.8, 4) is 0 Å². The Morgan fingerprint density at radius 1 is 0.939 bits per heavy atom. The van der Waals surface area contributed by atoms with Gasteiger partial charge in [0.15, 0.2) is 5.54 Å². The lowest BCUT2D eigenvalue weighted by molar-refractivity contribution is -0.159. The highest BCUT2D eigenvalue weighted by Gasteiger charge is 2.53. The van der Waals surface area contributed by atoms with Gasteiger partial charge in [0.1, 0.15) is 0 Å². The molecule has 1 saturated heterocycles. The predicted molar refractivity (Wildman–Crippen MR) is 123 cm³/mol. The van der Waals surface area contributed by atoms with Crippen LogP contribution < -0.4 is 10.6 Å². The topological polar surface area (TPSA) is 101 Å². The summed E-state index contributed by atoms with van der Waals surface area (Å²) in [6.07, 6.45) is 2.40. The fraction of sp³-hybridized carbons (Fsp3) is 0.200. The van der Waals surface area contributed by atoms with Gasteiger partial charge in [0.05, 0.1) is 12.7 Å². The Morgan fingerprint density at radius 2 is 1.45 bits per heavy atom. The first kappa shape index (κ1) is 22.6. The van der Waals surface area contributed by atoms with Crippen LogP contribution in [0.5, 0.6) is 0 Å². The summed E-state index contributed by atoms with van der Waals surface area (Å²) in [5.41, 5.74) is -1.66. The first-order valence-corrected chi connectivity index (χ1v) is 11.7. The molecule has 1 N–H and O–H groups in total. The number of carboxylic acid groups (broad SMARTS) is 1. The summed E-state index contributed by atoms with van der Waals surface area (Å²) in [4.78, 5) is 51.4. The maximum atomic E-state index is 12.8. The SMILES string of the molecule is COC(=O)C1=C(P(c2ccccc2)c2ccccc2)CC(C(=O)O)(N2C(=O)CCC2=O)C=C1. The molecule has 0 radical (unpaired) electrons. The number of carbonyl (C=O) groups is 4. The third kappa shape index (κ3) is 4.00. The van der Waals surface area contributed by atoms with Crippen molar-refractivity contribution in [2.45, 2.75) is 24.8 Å². The number of ether oxygens (including phenoxy) is 1. The Bertz CT molecular complexity index is 1120. The molecular weight excluding hydrogens is 441 g/mol. The number of benzene rings is 2. The van der Waals surface area contributed by atoms with Crippen LogP contribution in [-0.4, -0.2) is 46.4 Å². The number of amides is 2. The molecule has 8 heteroatoms. The van der Waals surface area contributed by atoms with Gasteiger partial charge in [-0.05, 0) is 36.0 Å². The molecule has 1 heterocycles. The largest absolute Gasteiger partial charge is 0.479 e. The maximum absolute atomic E-state index is 12.8. The van der Waals surface area contributed by atoms with E-state index in [-0.39, 0.29) is 24.8 Å². The number of carboxylic acids is 1. The van der Waals surface area contributed by atoms with Crippen LogP contribution in [0.4, 0.5) is 0 Å². The van der Waals surface area contributed by atoms with Gasteiger partial charge in [-0.3, -0.25) is 14.5 Å². The second kappa shape index (κ2) is 9.12. The first-order valence-electron chi connectivity index (χ1n) is 10.4. The second-order valence-electron chi connectivity index (χ2n) is 7.72. The Hall–Kier alpha value is -3.57. The van der Waals surface area contributed by atoms with Gasteiger partial charge in [-0.2, -0.15) is 0 Å². The normalized spacial score (nSPS) is 20.5. The summed E-state index contributed by atoms with van der Waals surface area (Å²) in [5, 5.41) is 12.6. The summed E-state index contributed by atoms with van der Waals surface area (Å²) in [7, 11) is -0.0932. The van der Waals surface area contributed by atoms with Crippen LogP contribution in [0.25, 0.3) is 0 Å². The van der Waals surface area contributed by atoms with Gasteiger partial charge < -0.3 is 9.84 Å². The number of imide groups is 1. The van der Waals surface area contributed by atoms with Gasteiger partial charge in [-0.25, -0.2) is 9.59 Å². The minimum absolute atomic E-state index is 0.0310. The van der Waals surface area contributed by atoms with Gasteiger partial charge >= 0.3 is 11.9 Å². The molecule has 0 bridgehead atoms. The number of rotatable bonds is 6. The van der Waals surface area contributed by atoms with Gasteiger partial charge in [0, 0.05) is 19.3 Å². The maximum Gasteiger partial charge on any atom is 0.338 e. The van der Waals surface area contributed by atoms with Gasteiger partial charge in [-0.1, -0.05) is 60.7 Å². The van der Waals surface area contributed by atoms with Gasteiger partial charge in [0.25, 0.3) is 0 Å². The molecular formula is C25H22NO6P. The number of carbonyl (C=O) groups excluding carboxylic acids is 3. The summed E-state index contributed by atoms with van der Waals surface area (Å²) in [5.74, 6) is -2.98. The average Bonchev–Trinajstić information content (AvgIpc) is 3.18. The molecule has 33 heavy (non-hydrogen) atoms. The van der Waals surface area contributed by atoms with E-state index in [0.29, 0.717) is 5.31 Å². The molecule has 2 aromatic carbocycles. The van der Waals surface area contributed by atoms with Crippen LogP contribution in [0.3, 0.4) is 0 Å². The Labute approximate surface area is 192 Å². The summed E-state index contributed by atoms with van der Waals surface area (Å²) in [6, 6.07) is 19.0. The Morgan fingerprint density at radius 3 is 1.91 bits per heavy atom. The molecule has 168 valence electrons. The smallest absolute Gasteiger partial charge is 0.338 e. The zero-order chi connectivity index (χ0) is 23.6. The molecule has 1 aliphatic carbocycles. The van der Waals surface area contributed by atoms with E-state index in [1.165, 1.54) is 19.3 Å². The number of nitrogens with zero attached hydrogens (tertiary/aromatic N) is 1. The number of methoxy groups -OCH3 is 1. The van der Waals surface area contributed by atoms with E-state index in [0.717, 1.165) is 15.5 Å². The lowest BCUT2D eigenvalue weighted by Crippen LogP contribution is -2.56. The van der Waals surface area contributed by atoms with E-state index in [9.17, 15) is 24.3 Å². The summed E-state index contributed by atoms with van der Waals surface area (Å²) >= 11 is 0. The second-order valence-corrected chi connectivity index (χ2v) is 9.96. The van der Waals surface area contributed by atoms with Crippen molar-refractivity contribution < 1.29 is 29.0 Å². The fourth-order valence-corrected chi connectivity index (χ4v) is 6.92. The van der Waals surface area contributed by atoms with Crippen LogP contribution in [0, 0.1) is 0 Å². The summed E-state index contributed by atoms with van der Waals surface area (Å²) in [6.45, 7) is 0. The van der Waals surface area contributed by atoms with Crippen molar-refractivity contribution in [1.29, 1.82) is 0 Å². The molecule has 7 nitrogen and oxygen atoms in total. The highest BCUT2D eigenvalue weighted by Crippen LogP contribution is 2.52. The lowest BCUT2D eigenvalue weighted by Gasteiger charge is -2.39. The molecule has 4 rings (SSSR count). The van der Waals surface area contributed by atoms with Crippen LogP contribution in [0.1, 0.15) is 19.3 Å². The Kier molecular flexibility index (Phi) is 6.25. The molecule has 1 fully saturated rings. The lowest BCUT2D eigenvalue weighted by atomic mass is 9.86. The zero-order valence-electron chi connectivity index (χ0n) is 17.9. The van der Waals surface area contributed by atoms with Crippen molar-refractivity contribution in [3.63, 3.8) is 0 Å². The quantitative estimate of drug-likeness (QED) is 0.401. The minimum atomic E-state index is -1.90. The predicted octanol–water partition coefficient (Wildman–Crippen LogP) is 2.48. The standard InChI is InChI=1S/C25H22NO6P/c1-32-23(29)19-14-15-25(24(30)31,26-21(27)12-13-22(26)28)16-20(19)33(17-8-4-2-5-9-17)18-10-6-3-7-11-18/h2-11,14-15H,12-13,16H2,1H3,(H,30,31). The number of esters is 1. The van der Waals surface area contributed by atoms with Crippen LogP contribution in [0.2, 0.25) is 0 Å². The molecule has 1 aliphatic heterocycles. The minimum Gasteiger partial charge on any atom is -0.479 e. The molecule has 0 aromatic heterocycles. The van der Waals surface area contributed by atoms with E-state index >= 15 is 0 Å². The molecule has 2 aromatic rings. The number of hydrogen-bond donors (Lipinski definition) is 1. The number of aliphatic carboxylic acids is 1. The van der Waals surface area contributed by atoms with Crippen LogP contribution in [0.15, 0.2) is 83.7 Å². The van der Waals surface area contributed by atoms with Crippen molar-refractivity contribution in [1.82, 2.24) is 4.90 Å². The third-order valence-electron chi connectivity index (χ3n) is 5.80. The number of hydrogen-bond acceptors (Lipinski definition) is 5. The number of likely N-dealkylation sites (tertiary alicyclic amines) is 1. The third-order valence-corrected chi connectivity index (χ3v) is 8.37. The molecule has 0 saturated carbocycles. The molecule has 1 atom stereocenters. The van der Waals surface area contributed by atoms with Crippen molar-refractivity contribution in [2.75, 3.05) is 7.11 Å². The fourth-order valence-electron chi connectivity index (χ4n) is 4.25. The molecule has 1 unspecified atom stereocenters. The average molecular weight is 463 g/mol. The van der Waals surface area contributed by atoms with Crippen molar-refractivity contribution >= 4 is 42.3 Å². The highest BCUT2D eigenvalue weighted by atomic mass is 31.1. The monoisotopic (exact) mass is 463 g/mol. The van der Waals surface area contributed by atoms with Crippen LogP contribution >= 0.6 is 7.92 Å². The van der Waals surface area contributed by atoms with Crippen molar-refractivity contribution in [2.24, 2.45) is 0 Å². The molecule has 2 amide bonds. The van der Waals surface area contributed by atoms with E-state index in [4.69, 9.17) is 4.74 Å². The highest BCUT2D eigenvalue weighted by molar-refractivity contribution is 7.76. The molecule has 2 aliphatic rings. The zero-order valence-corrected chi connectivity index (χ0v) is 18.8.